The van der Waals surface area contributed by atoms with Gasteiger partial charge in [0.05, 0.1) is 12.2 Å². The van der Waals surface area contributed by atoms with Crippen molar-refractivity contribution in [1.29, 1.82) is 0 Å². The fraction of sp³-hybridized carbons (Fsp3) is 0.417. The molecule has 0 saturated carbocycles. The Morgan fingerprint density at radius 1 is 1.00 bits per heavy atom. The highest BCUT2D eigenvalue weighted by Gasteiger charge is 2.29. The lowest BCUT2D eigenvalue weighted by Crippen LogP contribution is -2.30. The molecular weight excluding hydrogens is 461 g/mol. The van der Waals surface area contributed by atoms with Gasteiger partial charge in [-0.05, 0) is 64.4 Å². The molecule has 0 radical (unpaired) electrons. The number of alkyl halides is 3. The van der Waals surface area contributed by atoms with E-state index in [1.54, 1.807) is 44.0 Å². The topological polar surface area (TPSA) is 85.2 Å². The van der Waals surface area contributed by atoms with Crippen LogP contribution in [-0.2, 0) is 11.3 Å². The van der Waals surface area contributed by atoms with Crippen molar-refractivity contribution < 1.29 is 22.7 Å². The van der Waals surface area contributed by atoms with E-state index in [1.807, 2.05) is 26.8 Å². The number of hydrogen-bond donors (Lipinski definition) is 1. The van der Waals surface area contributed by atoms with Crippen LogP contribution in [0, 0.1) is 34.6 Å². The van der Waals surface area contributed by atoms with E-state index < -0.39 is 12.8 Å². The van der Waals surface area contributed by atoms with Crippen LogP contribution in [0.4, 0.5) is 19.0 Å². The van der Waals surface area contributed by atoms with Crippen molar-refractivity contribution in [1.82, 2.24) is 24.6 Å². The number of rotatable bonds is 8. The number of aromatic nitrogens is 4. The Bertz CT molecular complexity index is 1180. The first-order chi connectivity index (χ1) is 16.3. The van der Waals surface area contributed by atoms with E-state index in [2.05, 4.69) is 20.4 Å². The Morgan fingerprint density at radius 3 is 2.17 bits per heavy atom. The second-order valence-corrected chi connectivity index (χ2v) is 8.72. The SMILES string of the molecule is Cc1cc(C)nc(-n2nc(C)cc2NC(=O)CN(C)Cc2cc(C)c(OCC(F)(F)F)c(C)c2)n1. The molecular formula is C24H29F3N6O2. The first kappa shape index (κ1) is 26.1. The van der Waals surface area contributed by atoms with E-state index in [4.69, 9.17) is 4.74 Å². The van der Waals surface area contributed by atoms with Gasteiger partial charge in [-0.1, -0.05) is 12.1 Å². The summed E-state index contributed by atoms with van der Waals surface area (Å²) < 4.78 is 44.0. The number of halogens is 3. The third-order valence-corrected chi connectivity index (χ3v) is 5.03. The van der Waals surface area contributed by atoms with Crippen LogP contribution in [0.3, 0.4) is 0 Å². The lowest BCUT2D eigenvalue weighted by atomic mass is 10.1. The van der Waals surface area contributed by atoms with Crippen molar-refractivity contribution in [2.45, 2.75) is 47.3 Å². The van der Waals surface area contributed by atoms with E-state index in [1.165, 1.54) is 4.68 Å². The highest BCUT2D eigenvalue weighted by Crippen LogP contribution is 2.27. The summed E-state index contributed by atoms with van der Waals surface area (Å²) in [7, 11) is 1.79. The van der Waals surface area contributed by atoms with Crippen LogP contribution in [-0.4, -0.2) is 56.9 Å². The van der Waals surface area contributed by atoms with E-state index in [9.17, 15) is 18.0 Å². The van der Waals surface area contributed by atoms with Crippen molar-refractivity contribution in [2.75, 3.05) is 25.5 Å². The van der Waals surface area contributed by atoms with Gasteiger partial charge >= 0.3 is 6.18 Å². The minimum absolute atomic E-state index is 0.0857. The molecule has 3 aromatic rings. The largest absolute Gasteiger partial charge is 0.484 e. The maximum absolute atomic E-state index is 12.7. The number of likely N-dealkylation sites (N-methyl/N-ethyl adjacent to an activating group) is 1. The molecule has 1 N–H and O–H groups in total. The number of anilines is 1. The normalized spacial score (nSPS) is 11.7. The Morgan fingerprint density at radius 2 is 1.60 bits per heavy atom. The molecule has 2 aromatic heterocycles. The minimum Gasteiger partial charge on any atom is -0.484 e. The monoisotopic (exact) mass is 490 g/mol. The molecule has 2 heterocycles. The summed E-state index contributed by atoms with van der Waals surface area (Å²) in [4.78, 5) is 23.4. The van der Waals surface area contributed by atoms with E-state index in [0.29, 0.717) is 35.1 Å². The highest BCUT2D eigenvalue weighted by molar-refractivity contribution is 5.91. The third kappa shape index (κ3) is 7.25. The number of nitrogens with one attached hydrogen (secondary N) is 1. The van der Waals surface area contributed by atoms with Crippen LogP contribution >= 0.6 is 0 Å². The molecule has 3 rings (SSSR count). The van der Waals surface area contributed by atoms with Gasteiger partial charge in [0.2, 0.25) is 5.91 Å². The van der Waals surface area contributed by atoms with Crippen LogP contribution in [0.1, 0.15) is 33.8 Å². The van der Waals surface area contributed by atoms with Crippen LogP contribution in [0.2, 0.25) is 0 Å². The Labute approximate surface area is 202 Å². The molecule has 8 nitrogen and oxygen atoms in total. The lowest BCUT2D eigenvalue weighted by molar-refractivity contribution is -0.153. The summed E-state index contributed by atoms with van der Waals surface area (Å²) in [5, 5.41) is 7.26. The second-order valence-electron chi connectivity index (χ2n) is 8.72. The highest BCUT2D eigenvalue weighted by atomic mass is 19.4. The summed E-state index contributed by atoms with van der Waals surface area (Å²) in [6, 6.07) is 7.13. The minimum atomic E-state index is -4.40. The fourth-order valence-electron chi connectivity index (χ4n) is 3.85. The number of benzene rings is 1. The number of aryl methyl sites for hydroxylation is 5. The zero-order chi connectivity index (χ0) is 25.9. The van der Waals surface area contributed by atoms with E-state index in [-0.39, 0.29) is 18.2 Å². The molecule has 1 amide bonds. The van der Waals surface area contributed by atoms with Crippen LogP contribution in [0.25, 0.3) is 5.95 Å². The molecule has 35 heavy (non-hydrogen) atoms. The van der Waals surface area contributed by atoms with Gasteiger partial charge in [0, 0.05) is 24.0 Å². The van der Waals surface area contributed by atoms with Gasteiger partial charge in [-0.15, -0.1) is 0 Å². The summed E-state index contributed by atoms with van der Waals surface area (Å²) in [6.07, 6.45) is -4.40. The van der Waals surface area contributed by atoms with E-state index >= 15 is 0 Å². The fourth-order valence-corrected chi connectivity index (χ4v) is 3.85. The standard InChI is InChI=1S/C24H29F3N6O2/c1-14-7-19(8-15(2)22(14)35-13-24(25,26)27)11-32(6)12-21(34)30-20-10-18(5)31-33(20)23-28-16(3)9-17(4)29-23/h7-10H,11-13H2,1-6H3,(H,30,34). The number of hydrogen-bond acceptors (Lipinski definition) is 6. The Kier molecular flexibility index (Phi) is 7.79. The van der Waals surface area contributed by atoms with Gasteiger partial charge in [-0.2, -0.15) is 23.0 Å². The van der Waals surface area contributed by atoms with Crippen LogP contribution in [0.5, 0.6) is 5.75 Å². The molecule has 0 atom stereocenters. The predicted octanol–water partition coefficient (Wildman–Crippen LogP) is 4.22. The average Bonchev–Trinajstić information content (AvgIpc) is 3.05. The third-order valence-electron chi connectivity index (χ3n) is 5.03. The van der Waals surface area contributed by atoms with Crippen molar-refractivity contribution in [2.24, 2.45) is 0 Å². The average molecular weight is 491 g/mol. The lowest BCUT2D eigenvalue weighted by Gasteiger charge is -2.19. The van der Waals surface area contributed by atoms with Gasteiger partial charge < -0.3 is 10.1 Å². The van der Waals surface area contributed by atoms with Crippen LogP contribution < -0.4 is 10.1 Å². The first-order valence-electron chi connectivity index (χ1n) is 11.0. The Hall–Kier alpha value is -3.47. The van der Waals surface area contributed by atoms with Gasteiger partial charge in [0.25, 0.3) is 5.95 Å². The number of carbonyl (C=O) groups excluding carboxylic acids is 1. The number of nitrogens with zero attached hydrogens (tertiary/aromatic N) is 5. The molecule has 11 heteroatoms. The Balaban J connectivity index is 1.66. The number of amides is 1. The number of ether oxygens (including phenoxy) is 1. The number of carbonyl (C=O) groups is 1. The molecule has 0 aliphatic rings. The van der Waals surface area contributed by atoms with Gasteiger partial charge in [-0.25, -0.2) is 9.97 Å². The molecule has 0 saturated heterocycles. The maximum atomic E-state index is 12.7. The smallest absolute Gasteiger partial charge is 0.422 e. The molecule has 1 aromatic carbocycles. The summed E-state index contributed by atoms with van der Waals surface area (Å²) in [6.45, 7) is 8.11. The summed E-state index contributed by atoms with van der Waals surface area (Å²) in [5.41, 5.74) is 4.36. The second kappa shape index (κ2) is 10.4. The van der Waals surface area contributed by atoms with Gasteiger partial charge in [-0.3, -0.25) is 9.69 Å². The zero-order valence-corrected chi connectivity index (χ0v) is 20.6. The van der Waals surface area contributed by atoms with Gasteiger partial charge in [0.15, 0.2) is 6.61 Å². The molecule has 0 bridgehead atoms. The molecule has 0 aliphatic carbocycles. The molecule has 0 unspecified atom stereocenters. The zero-order valence-electron chi connectivity index (χ0n) is 20.6. The maximum Gasteiger partial charge on any atom is 0.422 e. The van der Waals surface area contributed by atoms with Crippen molar-refractivity contribution in [3.05, 3.63) is 58.0 Å². The van der Waals surface area contributed by atoms with E-state index in [0.717, 1.165) is 17.0 Å². The summed E-state index contributed by atoms with van der Waals surface area (Å²) in [5.74, 6) is 0.807. The van der Waals surface area contributed by atoms with Crippen LogP contribution in [0.15, 0.2) is 24.3 Å². The molecule has 0 fully saturated rings. The molecule has 188 valence electrons. The van der Waals surface area contributed by atoms with Crippen molar-refractivity contribution in [3.8, 4) is 11.7 Å². The van der Waals surface area contributed by atoms with Crippen molar-refractivity contribution >= 4 is 11.7 Å². The first-order valence-corrected chi connectivity index (χ1v) is 11.0. The molecule has 0 aliphatic heterocycles. The van der Waals surface area contributed by atoms with Gasteiger partial charge in [0.1, 0.15) is 11.6 Å². The van der Waals surface area contributed by atoms with Crippen molar-refractivity contribution in [3.63, 3.8) is 0 Å². The molecule has 0 spiro atoms. The predicted molar refractivity (Wildman–Crippen MR) is 126 cm³/mol. The summed E-state index contributed by atoms with van der Waals surface area (Å²) >= 11 is 0. The quantitative estimate of drug-likeness (QED) is 0.509.